The molecule has 1 fully saturated rings. The molecular weight excluding hydrogens is 384 g/mol. The zero-order valence-electron chi connectivity index (χ0n) is 18.4. The van der Waals surface area contributed by atoms with Crippen LogP contribution >= 0.6 is 0 Å². The molecule has 2 rings (SSSR count). The molecule has 1 aliphatic rings. The summed E-state index contributed by atoms with van der Waals surface area (Å²) in [5.74, 6) is 0.245. The minimum absolute atomic E-state index is 0. The number of hydrogen-bond donors (Lipinski definition) is 2. The molecule has 5 heteroatoms. The predicted molar refractivity (Wildman–Crippen MR) is 113 cm³/mol. The first-order valence-electron chi connectivity index (χ1n) is 9.33. The zero-order chi connectivity index (χ0) is 18.4. The molecule has 1 aliphatic carbocycles. The molecule has 2 atom stereocenters. The molecule has 155 valence electrons. The second kappa shape index (κ2) is 13.2. The molecule has 0 bridgehead atoms. The molecule has 1 aromatic rings. The topological polar surface area (TPSA) is 58.2 Å². The van der Waals surface area contributed by atoms with E-state index in [0.29, 0.717) is 12.8 Å². The zero-order valence-corrected chi connectivity index (χ0v) is 20.0. The Morgan fingerprint density at radius 2 is 1.64 bits per heavy atom. The van der Waals surface area contributed by atoms with Crippen LogP contribution in [0.5, 0.6) is 0 Å². The van der Waals surface area contributed by atoms with E-state index in [4.69, 9.17) is 0 Å². The Morgan fingerprint density at radius 1 is 1.07 bits per heavy atom. The standard InChI is InChI=1S/C21H31N2O2.2CH3.Ti/c1-5-19(24)22-17-13-21(3,4)14-18(23-20(25)6-2)16(17)12-15-10-8-7-9-11-15;;;/h7-11,16-17H,5-6,12-14H2,1-4H3,(H,22,24)(H,23,25);2*1H3;/q3*-1;+3. The fourth-order valence-corrected chi connectivity index (χ4v) is 3.70. The first-order valence-corrected chi connectivity index (χ1v) is 9.33. The van der Waals surface area contributed by atoms with Crippen LogP contribution in [0.1, 0.15) is 58.9 Å². The number of carbonyl (C=O) groups is 2. The van der Waals surface area contributed by atoms with E-state index >= 15 is 0 Å². The second-order valence-electron chi connectivity index (χ2n) is 7.80. The molecule has 2 amide bonds. The summed E-state index contributed by atoms with van der Waals surface area (Å²) in [6, 6.07) is 11.4. The quantitative estimate of drug-likeness (QED) is 0.524. The third-order valence-electron chi connectivity index (χ3n) is 4.96. The largest absolute Gasteiger partial charge is 3.00 e. The van der Waals surface area contributed by atoms with Gasteiger partial charge in [0.15, 0.2) is 5.91 Å². The molecule has 0 aliphatic heterocycles. The molecule has 2 N–H and O–H groups in total. The summed E-state index contributed by atoms with van der Waals surface area (Å²) in [4.78, 5) is 24.1. The van der Waals surface area contributed by atoms with Gasteiger partial charge in [-0.05, 0) is 12.8 Å². The van der Waals surface area contributed by atoms with Crippen molar-refractivity contribution < 1.29 is 31.3 Å². The molecule has 1 saturated carbocycles. The van der Waals surface area contributed by atoms with E-state index in [1.54, 1.807) is 0 Å². The maximum atomic E-state index is 12.1. The van der Waals surface area contributed by atoms with Crippen molar-refractivity contribution in [3.05, 3.63) is 56.8 Å². The Hall–Kier alpha value is -1.13. The van der Waals surface area contributed by atoms with Crippen LogP contribution in [-0.4, -0.2) is 17.9 Å². The van der Waals surface area contributed by atoms with Gasteiger partial charge in [0, 0.05) is 18.9 Å². The van der Waals surface area contributed by atoms with Crippen LogP contribution in [0, 0.1) is 32.2 Å². The van der Waals surface area contributed by atoms with Crippen molar-refractivity contribution >= 4 is 11.8 Å². The maximum Gasteiger partial charge on any atom is 3.00 e. The molecule has 4 nitrogen and oxygen atoms in total. The second-order valence-corrected chi connectivity index (χ2v) is 7.80. The Morgan fingerprint density at radius 3 is 2.18 bits per heavy atom. The minimum atomic E-state index is 0. The van der Waals surface area contributed by atoms with Crippen LogP contribution in [0.2, 0.25) is 0 Å². The fraction of sp³-hybridized carbons (Fsp3) is 0.522. The summed E-state index contributed by atoms with van der Waals surface area (Å²) < 4.78 is 0. The number of nitrogens with one attached hydrogen (secondary N) is 2. The monoisotopic (exact) mass is 421 g/mol. The van der Waals surface area contributed by atoms with Crippen molar-refractivity contribution in [1.82, 2.24) is 10.6 Å². The van der Waals surface area contributed by atoms with Gasteiger partial charge in [0.05, 0.1) is 0 Å². The van der Waals surface area contributed by atoms with Crippen molar-refractivity contribution in [3.8, 4) is 0 Å². The molecule has 0 heterocycles. The number of hydrogen-bond acceptors (Lipinski definition) is 2. The van der Waals surface area contributed by atoms with E-state index in [-0.39, 0.29) is 65.8 Å². The van der Waals surface area contributed by atoms with E-state index in [0.717, 1.165) is 25.3 Å². The van der Waals surface area contributed by atoms with E-state index in [1.165, 1.54) is 5.56 Å². The van der Waals surface area contributed by atoms with Gasteiger partial charge in [0.25, 0.3) is 0 Å². The Kier molecular flexibility index (Phi) is 13.7. The summed E-state index contributed by atoms with van der Waals surface area (Å²) >= 11 is 0. The van der Waals surface area contributed by atoms with Gasteiger partial charge in [-0.2, -0.15) is 6.42 Å². The summed E-state index contributed by atoms with van der Waals surface area (Å²) in [7, 11) is 0. The summed E-state index contributed by atoms with van der Waals surface area (Å²) in [6.07, 6.45) is 3.54. The van der Waals surface area contributed by atoms with Crippen LogP contribution < -0.4 is 10.6 Å². The average Bonchev–Trinajstić information content (AvgIpc) is 2.57. The van der Waals surface area contributed by atoms with Gasteiger partial charge in [-0.25, -0.2) is 6.04 Å². The third kappa shape index (κ3) is 8.49. The number of amides is 2. The minimum Gasteiger partial charge on any atom is -0.502 e. The molecule has 1 aromatic carbocycles. The number of benzene rings is 1. The molecule has 0 spiro atoms. The first kappa shape index (κ1) is 29.1. The van der Waals surface area contributed by atoms with Crippen LogP contribution in [0.25, 0.3) is 0 Å². The molecule has 28 heavy (non-hydrogen) atoms. The van der Waals surface area contributed by atoms with Crippen LogP contribution in [-0.2, 0) is 37.7 Å². The van der Waals surface area contributed by atoms with Crippen molar-refractivity contribution in [2.45, 2.75) is 65.8 Å². The first-order chi connectivity index (χ1) is 11.8. The molecule has 0 aromatic heterocycles. The van der Waals surface area contributed by atoms with Gasteiger partial charge in [-0.3, -0.25) is 9.59 Å². The van der Waals surface area contributed by atoms with E-state index in [9.17, 15) is 9.59 Å². The van der Waals surface area contributed by atoms with Gasteiger partial charge in [0.2, 0.25) is 5.91 Å². The Bertz CT molecular complexity index is 560. The van der Waals surface area contributed by atoms with Gasteiger partial charge in [-0.1, -0.05) is 69.0 Å². The van der Waals surface area contributed by atoms with Gasteiger partial charge in [-0.15, -0.1) is 5.92 Å². The maximum absolute atomic E-state index is 12.1. The van der Waals surface area contributed by atoms with Crippen LogP contribution in [0.15, 0.2) is 30.3 Å². The Labute approximate surface area is 187 Å². The summed E-state index contributed by atoms with van der Waals surface area (Å²) in [5, 5.41) is 6.35. The average molecular weight is 421 g/mol. The van der Waals surface area contributed by atoms with Crippen LogP contribution in [0.3, 0.4) is 0 Å². The van der Waals surface area contributed by atoms with Crippen molar-refractivity contribution in [2.75, 3.05) is 0 Å². The van der Waals surface area contributed by atoms with E-state index in [2.05, 4.69) is 36.6 Å². The van der Waals surface area contributed by atoms with Crippen molar-refractivity contribution in [2.24, 2.45) is 11.3 Å². The molecule has 1 radical (unpaired) electrons. The molecular formula is C23H37N2O2Ti. The van der Waals surface area contributed by atoms with Gasteiger partial charge in [0.1, 0.15) is 0 Å². The SMILES string of the molecule is CCC(=O)N[C-]1CC(C)(C)CC(NC(=O)CC)C1Cc1ccccc1.[CH3-].[CH3-].[Ti+3]. The Balaban J connectivity index is 0. The summed E-state index contributed by atoms with van der Waals surface area (Å²) in [5.41, 5.74) is 1.28. The fourth-order valence-electron chi connectivity index (χ4n) is 3.70. The smallest absolute Gasteiger partial charge is 0.502 e. The normalized spacial score (nSPS) is 20.6. The van der Waals surface area contributed by atoms with E-state index < -0.39 is 0 Å². The van der Waals surface area contributed by atoms with Crippen molar-refractivity contribution in [3.63, 3.8) is 0 Å². The van der Waals surface area contributed by atoms with E-state index in [1.807, 2.05) is 32.0 Å². The number of rotatable bonds is 6. The molecule has 0 saturated heterocycles. The summed E-state index contributed by atoms with van der Waals surface area (Å²) in [6.45, 7) is 8.15. The molecule has 2 unspecified atom stereocenters. The van der Waals surface area contributed by atoms with Gasteiger partial charge >= 0.3 is 21.7 Å². The predicted octanol–water partition coefficient (Wildman–Crippen LogP) is 4.52. The third-order valence-corrected chi connectivity index (χ3v) is 4.96. The van der Waals surface area contributed by atoms with Gasteiger partial charge < -0.3 is 25.5 Å². The number of carbonyl (C=O) groups excluding carboxylic acids is 2. The van der Waals surface area contributed by atoms with Crippen LogP contribution in [0.4, 0.5) is 0 Å². The van der Waals surface area contributed by atoms with Crippen molar-refractivity contribution in [1.29, 1.82) is 0 Å².